The molecule has 1 aromatic carbocycles. The zero-order valence-corrected chi connectivity index (χ0v) is 12.2. The van der Waals surface area contributed by atoms with Crippen molar-refractivity contribution in [3.8, 4) is 0 Å². The van der Waals surface area contributed by atoms with Gasteiger partial charge < -0.3 is 9.47 Å². The Morgan fingerprint density at radius 1 is 1.14 bits per heavy atom. The van der Waals surface area contributed by atoms with Crippen LogP contribution in [-0.4, -0.2) is 49.2 Å². The van der Waals surface area contributed by atoms with Crippen molar-refractivity contribution in [3.05, 3.63) is 35.9 Å². The molecule has 2 aliphatic rings. The topological polar surface area (TPSA) is 55.8 Å². The SMILES string of the molecule is COC(=O)C1C(OC(=O)c2ccccc2)C2CCC1N2C. The second-order valence-electron chi connectivity index (χ2n) is 5.66. The Morgan fingerprint density at radius 2 is 1.81 bits per heavy atom. The van der Waals surface area contributed by atoms with Gasteiger partial charge in [-0.2, -0.15) is 0 Å². The van der Waals surface area contributed by atoms with E-state index in [1.54, 1.807) is 24.3 Å². The molecule has 2 aliphatic heterocycles. The van der Waals surface area contributed by atoms with E-state index in [0.29, 0.717) is 5.56 Å². The number of likely N-dealkylation sites (N-methyl/N-ethyl adjacent to an activating group) is 1. The van der Waals surface area contributed by atoms with Gasteiger partial charge in [0.15, 0.2) is 0 Å². The molecule has 0 aliphatic carbocycles. The number of esters is 2. The second-order valence-corrected chi connectivity index (χ2v) is 5.66. The number of nitrogens with zero attached hydrogens (tertiary/aromatic N) is 1. The molecule has 0 aromatic heterocycles. The van der Waals surface area contributed by atoms with Crippen molar-refractivity contribution in [1.29, 1.82) is 0 Å². The first-order valence-electron chi connectivity index (χ1n) is 7.19. The summed E-state index contributed by atoms with van der Waals surface area (Å²) in [5, 5.41) is 0. The van der Waals surface area contributed by atoms with Crippen molar-refractivity contribution in [2.24, 2.45) is 5.92 Å². The highest BCUT2D eigenvalue weighted by molar-refractivity contribution is 5.89. The molecule has 2 bridgehead atoms. The van der Waals surface area contributed by atoms with Crippen LogP contribution in [0.5, 0.6) is 0 Å². The summed E-state index contributed by atoms with van der Waals surface area (Å²) in [6.45, 7) is 0. The minimum absolute atomic E-state index is 0.103. The molecule has 5 heteroatoms. The number of carbonyl (C=O) groups excluding carboxylic acids is 2. The quantitative estimate of drug-likeness (QED) is 0.789. The normalized spacial score (nSPS) is 31.1. The average molecular weight is 289 g/mol. The van der Waals surface area contributed by atoms with E-state index in [0.717, 1.165) is 12.8 Å². The summed E-state index contributed by atoms with van der Waals surface area (Å²) < 4.78 is 10.6. The molecule has 5 nitrogen and oxygen atoms in total. The van der Waals surface area contributed by atoms with Gasteiger partial charge in [0, 0.05) is 12.1 Å². The van der Waals surface area contributed by atoms with Crippen LogP contribution in [0.15, 0.2) is 30.3 Å². The third-order valence-corrected chi connectivity index (χ3v) is 4.68. The highest BCUT2D eigenvalue weighted by Gasteiger charge is 2.57. The van der Waals surface area contributed by atoms with E-state index < -0.39 is 6.10 Å². The number of methoxy groups -OCH3 is 1. The molecule has 0 amide bonds. The second kappa shape index (κ2) is 5.48. The van der Waals surface area contributed by atoms with Gasteiger partial charge in [-0.1, -0.05) is 18.2 Å². The van der Waals surface area contributed by atoms with Gasteiger partial charge in [0.2, 0.25) is 0 Å². The molecule has 4 atom stereocenters. The Kier molecular flexibility index (Phi) is 3.68. The molecule has 2 saturated heterocycles. The number of rotatable bonds is 3. The van der Waals surface area contributed by atoms with E-state index in [1.807, 2.05) is 13.1 Å². The van der Waals surface area contributed by atoms with Crippen molar-refractivity contribution in [2.45, 2.75) is 31.0 Å². The first-order valence-corrected chi connectivity index (χ1v) is 7.19. The van der Waals surface area contributed by atoms with Crippen molar-refractivity contribution in [2.75, 3.05) is 14.2 Å². The van der Waals surface area contributed by atoms with Crippen LogP contribution in [0.3, 0.4) is 0 Å². The van der Waals surface area contributed by atoms with Gasteiger partial charge in [0.25, 0.3) is 0 Å². The lowest BCUT2D eigenvalue weighted by Crippen LogP contribution is -2.41. The molecular formula is C16H19NO4. The number of hydrogen-bond donors (Lipinski definition) is 0. The van der Waals surface area contributed by atoms with Gasteiger partial charge in [-0.15, -0.1) is 0 Å². The van der Waals surface area contributed by atoms with E-state index in [-0.39, 0.29) is 29.9 Å². The van der Waals surface area contributed by atoms with E-state index in [1.165, 1.54) is 7.11 Å². The molecule has 4 unspecified atom stereocenters. The van der Waals surface area contributed by atoms with Crippen LogP contribution in [0.4, 0.5) is 0 Å². The van der Waals surface area contributed by atoms with Crippen LogP contribution < -0.4 is 0 Å². The lowest BCUT2D eigenvalue weighted by Gasteiger charge is -2.27. The van der Waals surface area contributed by atoms with Crippen LogP contribution in [0, 0.1) is 5.92 Å². The van der Waals surface area contributed by atoms with Crippen molar-refractivity contribution >= 4 is 11.9 Å². The maximum atomic E-state index is 12.2. The summed E-state index contributed by atoms with van der Waals surface area (Å²) in [5.74, 6) is -1.05. The number of carbonyl (C=O) groups is 2. The average Bonchev–Trinajstić information content (AvgIpc) is 3.00. The maximum Gasteiger partial charge on any atom is 0.338 e. The highest BCUT2D eigenvalue weighted by Crippen LogP contribution is 2.43. The van der Waals surface area contributed by atoms with Crippen molar-refractivity contribution < 1.29 is 19.1 Å². The molecular weight excluding hydrogens is 270 g/mol. The fourth-order valence-corrected chi connectivity index (χ4v) is 3.63. The summed E-state index contributed by atoms with van der Waals surface area (Å²) in [6.07, 6.45) is 1.47. The molecule has 0 spiro atoms. The van der Waals surface area contributed by atoms with Crippen molar-refractivity contribution in [1.82, 2.24) is 4.90 Å². The summed E-state index contributed by atoms with van der Waals surface area (Å²) >= 11 is 0. The largest absolute Gasteiger partial charge is 0.469 e. The minimum Gasteiger partial charge on any atom is -0.469 e. The van der Waals surface area contributed by atoms with Crippen LogP contribution >= 0.6 is 0 Å². The maximum absolute atomic E-state index is 12.2. The van der Waals surface area contributed by atoms with Gasteiger partial charge in [-0.3, -0.25) is 9.69 Å². The first-order chi connectivity index (χ1) is 10.1. The lowest BCUT2D eigenvalue weighted by molar-refractivity contribution is -0.150. The Morgan fingerprint density at radius 3 is 2.48 bits per heavy atom. The van der Waals surface area contributed by atoms with Gasteiger partial charge in [-0.05, 0) is 32.0 Å². The summed E-state index contributed by atoms with van der Waals surface area (Å²) in [7, 11) is 3.36. The third kappa shape index (κ3) is 2.31. The van der Waals surface area contributed by atoms with Gasteiger partial charge in [0.1, 0.15) is 12.0 Å². The monoisotopic (exact) mass is 289 g/mol. The molecule has 3 rings (SSSR count). The van der Waals surface area contributed by atoms with Gasteiger partial charge in [0.05, 0.1) is 12.7 Å². The number of benzene rings is 1. The molecule has 0 radical (unpaired) electrons. The molecule has 0 N–H and O–H groups in total. The van der Waals surface area contributed by atoms with E-state index in [9.17, 15) is 9.59 Å². The fraction of sp³-hybridized carbons (Fsp3) is 0.500. The standard InChI is InChI=1S/C16H19NO4/c1-17-11-8-9-12(17)14(13(11)16(19)20-2)21-15(18)10-6-4-3-5-7-10/h3-7,11-14H,8-9H2,1-2H3. The number of fused-ring (bicyclic) bond motifs is 2. The summed E-state index contributed by atoms with van der Waals surface area (Å²) in [5.41, 5.74) is 0.506. The Labute approximate surface area is 123 Å². The van der Waals surface area contributed by atoms with Crippen LogP contribution in [0.25, 0.3) is 0 Å². The van der Waals surface area contributed by atoms with E-state index >= 15 is 0 Å². The first kappa shape index (κ1) is 14.1. The van der Waals surface area contributed by atoms with Gasteiger partial charge in [-0.25, -0.2) is 4.79 Å². The molecule has 2 fully saturated rings. The van der Waals surface area contributed by atoms with Gasteiger partial charge >= 0.3 is 11.9 Å². The van der Waals surface area contributed by atoms with Crippen molar-refractivity contribution in [3.63, 3.8) is 0 Å². The third-order valence-electron chi connectivity index (χ3n) is 4.68. The molecule has 112 valence electrons. The van der Waals surface area contributed by atoms with E-state index in [4.69, 9.17) is 9.47 Å². The fourth-order valence-electron chi connectivity index (χ4n) is 3.63. The zero-order chi connectivity index (χ0) is 15.0. The predicted octanol–water partition coefficient (Wildman–Crippen LogP) is 1.48. The highest BCUT2D eigenvalue weighted by atomic mass is 16.6. The Balaban J connectivity index is 1.80. The molecule has 0 saturated carbocycles. The summed E-state index contributed by atoms with van der Waals surface area (Å²) in [4.78, 5) is 26.4. The van der Waals surface area contributed by atoms with Crippen LogP contribution in [-0.2, 0) is 14.3 Å². The smallest absolute Gasteiger partial charge is 0.338 e. The van der Waals surface area contributed by atoms with Crippen LogP contribution in [0.1, 0.15) is 23.2 Å². The molecule has 21 heavy (non-hydrogen) atoms. The summed E-state index contributed by atoms with van der Waals surface area (Å²) in [6, 6.07) is 9.07. The minimum atomic E-state index is -0.422. The van der Waals surface area contributed by atoms with Crippen LogP contribution in [0.2, 0.25) is 0 Å². The molecule has 1 aromatic rings. The Bertz CT molecular complexity index is 544. The lowest BCUT2D eigenvalue weighted by atomic mass is 9.86. The Hall–Kier alpha value is -1.88. The molecule has 2 heterocycles. The number of ether oxygens (including phenoxy) is 2. The number of hydrogen-bond acceptors (Lipinski definition) is 5. The zero-order valence-electron chi connectivity index (χ0n) is 12.2. The predicted molar refractivity (Wildman–Crippen MR) is 75.7 cm³/mol. The van der Waals surface area contributed by atoms with E-state index in [2.05, 4.69) is 4.90 Å².